The molecule has 0 radical (unpaired) electrons. The fourth-order valence-electron chi connectivity index (χ4n) is 4.31. The summed E-state index contributed by atoms with van der Waals surface area (Å²) >= 11 is 0. The van der Waals surface area contributed by atoms with Gasteiger partial charge in [0.05, 0.1) is 0 Å². The Balaban J connectivity index is 2.09. The van der Waals surface area contributed by atoms with Gasteiger partial charge in [0.1, 0.15) is 24.5 Å². The third kappa shape index (κ3) is 3.42. The molecule has 2 aromatic rings. The van der Waals surface area contributed by atoms with Crippen molar-refractivity contribution in [2.45, 2.75) is 60.3 Å². The van der Waals surface area contributed by atoms with Gasteiger partial charge in [-0.1, -0.05) is 63.6 Å². The van der Waals surface area contributed by atoms with Crippen molar-refractivity contribution in [3.8, 4) is 0 Å². The van der Waals surface area contributed by atoms with Crippen molar-refractivity contribution >= 4 is 17.7 Å². The lowest BCUT2D eigenvalue weighted by atomic mass is 9.92. The molecule has 0 saturated carbocycles. The van der Waals surface area contributed by atoms with Crippen LogP contribution in [0.1, 0.15) is 67.3 Å². The molecule has 138 valence electrons. The number of hydrogen-bond acceptors (Lipinski definition) is 1. The van der Waals surface area contributed by atoms with Gasteiger partial charge in [0.25, 0.3) is 0 Å². The molecule has 0 aliphatic carbocycles. The fourth-order valence-corrected chi connectivity index (χ4v) is 4.31. The van der Waals surface area contributed by atoms with Crippen LogP contribution in [0.25, 0.3) is 0 Å². The second-order valence-corrected chi connectivity index (χ2v) is 8.34. The normalized spacial score (nSPS) is 14.5. The molecule has 2 nitrogen and oxygen atoms in total. The number of para-hydroxylation sites is 1. The van der Waals surface area contributed by atoms with E-state index in [4.69, 9.17) is 0 Å². The maximum atomic E-state index is 2.48. The van der Waals surface area contributed by atoms with Gasteiger partial charge in [0.15, 0.2) is 0 Å². The molecule has 1 aliphatic heterocycles. The molecule has 0 bridgehead atoms. The number of rotatable bonds is 4. The summed E-state index contributed by atoms with van der Waals surface area (Å²) in [6.07, 6.45) is 2.33. The van der Waals surface area contributed by atoms with E-state index in [2.05, 4.69) is 94.6 Å². The van der Waals surface area contributed by atoms with Gasteiger partial charge in [-0.2, -0.15) is 0 Å². The molecule has 3 rings (SSSR count). The summed E-state index contributed by atoms with van der Waals surface area (Å²) in [5, 5.41) is 0. The lowest BCUT2D eigenvalue weighted by molar-refractivity contribution is -0.425. The molecule has 1 aliphatic rings. The van der Waals surface area contributed by atoms with E-state index in [9.17, 15) is 0 Å². The first-order valence-electron chi connectivity index (χ1n) is 9.88. The van der Waals surface area contributed by atoms with E-state index in [-0.39, 0.29) is 0 Å². The van der Waals surface area contributed by atoms with Crippen molar-refractivity contribution < 1.29 is 4.58 Å². The van der Waals surface area contributed by atoms with Gasteiger partial charge in [-0.25, -0.2) is 9.48 Å². The first-order valence-corrected chi connectivity index (χ1v) is 9.88. The highest BCUT2D eigenvalue weighted by atomic mass is 15.3. The zero-order valence-corrected chi connectivity index (χ0v) is 17.4. The Morgan fingerprint density at radius 1 is 0.885 bits per heavy atom. The maximum Gasteiger partial charge on any atom is 0.244 e. The SMILES string of the molecule is Cc1cc(C)c([N+]2=CN(c3c(C(C)C)cccc3C(C)C)CC2)c(C)c1. The Morgan fingerprint density at radius 3 is 1.92 bits per heavy atom. The predicted octanol–water partition coefficient (Wildman–Crippen LogP) is 6.05. The molecule has 2 aromatic carbocycles. The molecule has 2 heteroatoms. The van der Waals surface area contributed by atoms with E-state index < -0.39 is 0 Å². The topological polar surface area (TPSA) is 6.25 Å². The molecular weight excluding hydrogens is 316 g/mol. The summed E-state index contributed by atoms with van der Waals surface area (Å²) in [5.74, 6) is 1.04. The van der Waals surface area contributed by atoms with Crippen molar-refractivity contribution in [3.05, 3.63) is 58.1 Å². The summed E-state index contributed by atoms with van der Waals surface area (Å²) < 4.78 is 2.44. The van der Waals surface area contributed by atoms with Crippen LogP contribution in [0.4, 0.5) is 11.4 Å². The first kappa shape index (κ1) is 18.7. The van der Waals surface area contributed by atoms with Crippen molar-refractivity contribution in [3.63, 3.8) is 0 Å². The second kappa shape index (κ2) is 7.26. The minimum Gasteiger partial charge on any atom is -0.229 e. The molecule has 0 unspecified atom stereocenters. The van der Waals surface area contributed by atoms with E-state index >= 15 is 0 Å². The zero-order valence-electron chi connectivity index (χ0n) is 17.4. The van der Waals surface area contributed by atoms with Crippen LogP contribution in [0.5, 0.6) is 0 Å². The van der Waals surface area contributed by atoms with Gasteiger partial charge in [-0.05, 0) is 43.7 Å². The molecule has 0 amide bonds. The first-order chi connectivity index (χ1) is 12.3. The van der Waals surface area contributed by atoms with E-state index in [1.54, 1.807) is 0 Å². The number of benzene rings is 2. The van der Waals surface area contributed by atoms with Gasteiger partial charge < -0.3 is 0 Å². The van der Waals surface area contributed by atoms with Crippen molar-refractivity contribution in [2.75, 3.05) is 18.0 Å². The van der Waals surface area contributed by atoms with E-state index in [0.29, 0.717) is 11.8 Å². The fraction of sp³-hybridized carbons (Fsp3) is 0.458. The van der Waals surface area contributed by atoms with Crippen molar-refractivity contribution in [1.29, 1.82) is 0 Å². The summed E-state index contributed by atoms with van der Waals surface area (Å²) in [4.78, 5) is 2.48. The minimum absolute atomic E-state index is 0.522. The average Bonchev–Trinajstić information content (AvgIpc) is 3.02. The van der Waals surface area contributed by atoms with Gasteiger partial charge in [-0.3, -0.25) is 0 Å². The Morgan fingerprint density at radius 2 is 1.42 bits per heavy atom. The van der Waals surface area contributed by atoms with Crippen LogP contribution in [-0.2, 0) is 0 Å². The third-order valence-electron chi connectivity index (χ3n) is 5.41. The smallest absolute Gasteiger partial charge is 0.229 e. The van der Waals surface area contributed by atoms with Crippen LogP contribution in [0.15, 0.2) is 30.3 Å². The van der Waals surface area contributed by atoms with E-state index in [0.717, 1.165) is 13.1 Å². The van der Waals surface area contributed by atoms with Crippen LogP contribution < -0.4 is 4.90 Å². The quantitative estimate of drug-likeness (QED) is 0.609. The van der Waals surface area contributed by atoms with Crippen LogP contribution in [-0.4, -0.2) is 24.0 Å². The average molecular weight is 350 g/mol. The molecule has 0 N–H and O–H groups in total. The number of hydrogen-bond donors (Lipinski definition) is 0. The Kier molecular flexibility index (Phi) is 5.22. The molecule has 0 atom stereocenters. The minimum atomic E-state index is 0.522. The van der Waals surface area contributed by atoms with E-state index in [1.807, 2.05) is 0 Å². The summed E-state index contributed by atoms with van der Waals surface area (Å²) in [6.45, 7) is 17.9. The highest BCUT2D eigenvalue weighted by Gasteiger charge is 2.29. The molecular formula is C24H33N2+. The second-order valence-electron chi connectivity index (χ2n) is 8.34. The molecule has 0 aromatic heterocycles. The molecule has 0 saturated heterocycles. The van der Waals surface area contributed by atoms with Gasteiger partial charge in [-0.15, -0.1) is 0 Å². The summed E-state index contributed by atoms with van der Waals surface area (Å²) in [5.41, 5.74) is 9.75. The largest absolute Gasteiger partial charge is 0.244 e. The number of aryl methyl sites for hydroxylation is 3. The van der Waals surface area contributed by atoms with Crippen LogP contribution in [0.3, 0.4) is 0 Å². The van der Waals surface area contributed by atoms with Crippen LogP contribution in [0.2, 0.25) is 0 Å². The van der Waals surface area contributed by atoms with Crippen LogP contribution >= 0.6 is 0 Å². The predicted molar refractivity (Wildman–Crippen MR) is 113 cm³/mol. The maximum absolute atomic E-state index is 2.48. The highest BCUT2D eigenvalue weighted by Crippen LogP contribution is 2.36. The Labute approximate surface area is 159 Å². The highest BCUT2D eigenvalue weighted by molar-refractivity contribution is 5.82. The number of anilines is 1. The Bertz CT molecular complexity index is 794. The lowest BCUT2D eigenvalue weighted by Crippen LogP contribution is -2.22. The van der Waals surface area contributed by atoms with E-state index in [1.165, 1.54) is 39.2 Å². The Hall–Kier alpha value is -2.09. The van der Waals surface area contributed by atoms with Crippen molar-refractivity contribution in [2.24, 2.45) is 0 Å². The zero-order chi connectivity index (χ0) is 19.0. The van der Waals surface area contributed by atoms with Crippen LogP contribution in [0, 0.1) is 20.8 Å². The molecule has 26 heavy (non-hydrogen) atoms. The molecule has 0 fully saturated rings. The van der Waals surface area contributed by atoms with Gasteiger partial charge >= 0.3 is 0 Å². The summed E-state index contributed by atoms with van der Waals surface area (Å²) in [6, 6.07) is 11.4. The monoisotopic (exact) mass is 349 g/mol. The standard InChI is InChI=1S/C24H33N2/c1-16(2)21-9-8-10-22(17(3)4)24(21)26-12-11-25(15-26)23-19(6)13-18(5)14-20(23)7/h8-10,13-17H,11-12H2,1-7H3/q+1. The van der Waals surface area contributed by atoms with Gasteiger partial charge in [0, 0.05) is 11.1 Å². The van der Waals surface area contributed by atoms with Gasteiger partial charge in [0.2, 0.25) is 6.34 Å². The van der Waals surface area contributed by atoms with Crippen molar-refractivity contribution in [1.82, 2.24) is 0 Å². The number of nitrogens with zero attached hydrogens (tertiary/aromatic N) is 2. The molecule has 1 heterocycles. The lowest BCUT2D eigenvalue weighted by Gasteiger charge is -2.20. The third-order valence-corrected chi connectivity index (χ3v) is 5.41. The summed E-state index contributed by atoms with van der Waals surface area (Å²) in [7, 11) is 0. The molecule has 0 spiro atoms.